The lowest BCUT2D eigenvalue weighted by atomic mass is 10.2. The molecular weight excluding hydrogens is 281 g/mol. The highest BCUT2D eigenvalue weighted by molar-refractivity contribution is 7.89. The van der Waals surface area contributed by atoms with E-state index in [0.29, 0.717) is 19.5 Å². The fraction of sp³-hybridized carbons (Fsp3) is 0.455. The second kappa shape index (κ2) is 5.10. The Balaban J connectivity index is 2.35. The highest BCUT2D eigenvalue weighted by atomic mass is 32.2. The van der Waals surface area contributed by atoms with Gasteiger partial charge in [-0.05, 0) is 25.1 Å². The molecule has 0 aliphatic carbocycles. The van der Waals surface area contributed by atoms with Crippen molar-refractivity contribution < 1.29 is 21.6 Å². The monoisotopic (exact) mass is 294 g/mol. The smallest absolute Gasteiger partial charge is 0.315 e. The largest absolute Gasteiger partial charge is 0.417 e. The van der Waals surface area contributed by atoms with Crippen molar-refractivity contribution in [1.82, 2.24) is 10.0 Å². The van der Waals surface area contributed by atoms with E-state index in [-0.39, 0.29) is 6.04 Å². The molecule has 0 radical (unpaired) electrons. The molecule has 1 saturated heterocycles. The molecule has 1 aromatic rings. The number of hydrogen-bond acceptors (Lipinski definition) is 3. The van der Waals surface area contributed by atoms with Gasteiger partial charge in [0.2, 0.25) is 10.0 Å². The van der Waals surface area contributed by atoms with Gasteiger partial charge >= 0.3 is 6.18 Å². The molecule has 4 nitrogen and oxygen atoms in total. The highest BCUT2D eigenvalue weighted by Gasteiger charge is 2.37. The predicted molar refractivity (Wildman–Crippen MR) is 63.0 cm³/mol. The maximum atomic E-state index is 12.8. The molecule has 1 unspecified atom stereocenters. The SMILES string of the molecule is O=S(=O)(NC1CCNC1)c1ccccc1C(F)(F)F. The van der Waals surface area contributed by atoms with Gasteiger partial charge in [0.1, 0.15) is 0 Å². The summed E-state index contributed by atoms with van der Waals surface area (Å²) in [6, 6.07) is 3.80. The molecule has 1 aliphatic heterocycles. The summed E-state index contributed by atoms with van der Waals surface area (Å²) in [5, 5.41) is 2.94. The summed E-state index contributed by atoms with van der Waals surface area (Å²) >= 11 is 0. The van der Waals surface area contributed by atoms with Crippen LogP contribution in [0.15, 0.2) is 29.2 Å². The van der Waals surface area contributed by atoms with Crippen molar-refractivity contribution in [1.29, 1.82) is 0 Å². The molecule has 1 aromatic carbocycles. The molecule has 1 fully saturated rings. The molecule has 1 atom stereocenters. The van der Waals surface area contributed by atoms with Crippen LogP contribution in [0.4, 0.5) is 13.2 Å². The molecule has 19 heavy (non-hydrogen) atoms. The van der Waals surface area contributed by atoms with Gasteiger partial charge in [0.05, 0.1) is 10.5 Å². The van der Waals surface area contributed by atoms with E-state index in [1.54, 1.807) is 0 Å². The van der Waals surface area contributed by atoms with Gasteiger partial charge < -0.3 is 5.32 Å². The van der Waals surface area contributed by atoms with Crippen molar-refractivity contribution in [3.8, 4) is 0 Å². The molecule has 2 N–H and O–H groups in total. The number of nitrogens with one attached hydrogen (secondary N) is 2. The van der Waals surface area contributed by atoms with Crippen LogP contribution in [0.2, 0.25) is 0 Å². The average Bonchev–Trinajstić information content (AvgIpc) is 2.80. The summed E-state index contributed by atoms with van der Waals surface area (Å²) in [4.78, 5) is -0.727. The number of sulfonamides is 1. The van der Waals surface area contributed by atoms with Crippen LogP contribution in [0.3, 0.4) is 0 Å². The fourth-order valence-corrected chi connectivity index (χ4v) is 3.47. The van der Waals surface area contributed by atoms with Crippen molar-refractivity contribution in [2.45, 2.75) is 23.5 Å². The fourth-order valence-electron chi connectivity index (χ4n) is 1.97. The van der Waals surface area contributed by atoms with Gasteiger partial charge in [-0.25, -0.2) is 13.1 Å². The zero-order chi connectivity index (χ0) is 14.1. The Morgan fingerprint density at radius 3 is 2.53 bits per heavy atom. The van der Waals surface area contributed by atoms with Crippen molar-refractivity contribution in [3.63, 3.8) is 0 Å². The Morgan fingerprint density at radius 2 is 1.95 bits per heavy atom. The van der Waals surface area contributed by atoms with Gasteiger partial charge in [-0.15, -0.1) is 0 Å². The van der Waals surface area contributed by atoms with E-state index in [2.05, 4.69) is 10.0 Å². The molecule has 0 bridgehead atoms. The first-order valence-electron chi connectivity index (χ1n) is 5.70. The van der Waals surface area contributed by atoms with E-state index in [1.807, 2.05) is 0 Å². The van der Waals surface area contributed by atoms with E-state index < -0.39 is 26.7 Å². The lowest BCUT2D eigenvalue weighted by Crippen LogP contribution is -2.37. The zero-order valence-corrected chi connectivity index (χ0v) is 10.7. The quantitative estimate of drug-likeness (QED) is 0.884. The van der Waals surface area contributed by atoms with Crippen LogP contribution >= 0.6 is 0 Å². The molecule has 1 aliphatic rings. The summed E-state index contributed by atoms with van der Waals surface area (Å²) in [5.74, 6) is 0. The van der Waals surface area contributed by atoms with Crippen molar-refractivity contribution in [2.24, 2.45) is 0 Å². The average molecular weight is 294 g/mol. The van der Waals surface area contributed by atoms with E-state index in [0.717, 1.165) is 12.1 Å². The number of benzene rings is 1. The van der Waals surface area contributed by atoms with Crippen LogP contribution in [0, 0.1) is 0 Å². The topological polar surface area (TPSA) is 58.2 Å². The van der Waals surface area contributed by atoms with E-state index in [4.69, 9.17) is 0 Å². The molecule has 0 saturated carbocycles. The third-order valence-electron chi connectivity index (χ3n) is 2.86. The van der Waals surface area contributed by atoms with Crippen LogP contribution in [0.5, 0.6) is 0 Å². The summed E-state index contributed by atoms with van der Waals surface area (Å²) in [6.07, 6.45) is -4.13. The Bertz CT molecular complexity index is 551. The first-order chi connectivity index (χ1) is 8.81. The van der Waals surface area contributed by atoms with E-state index in [1.165, 1.54) is 12.1 Å². The molecule has 106 valence electrons. The molecule has 0 spiro atoms. The van der Waals surface area contributed by atoms with Gasteiger partial charge in [-0.1, -0.05) is 12.1 Å². The molecule has 1 heterocycles. The number of hydrogen-bond donors (Lipinski definition) is 2. The predicted octanol–water partition coefficient (Wildman–Crippen LogP) is 1.35. The molecule has 2 rings (SSSR count). The normalized spacial score (nSPS) is 20.7. The van der Waals surface area contributed by atoms with Gasteiger partial charge in [0.25, 0.3) is 0 Å². The first-order valence-corrected chi connectivity index (χ1v) is 7.18. The molecule has 0 aromatic heterocycles. The first kappa shape index (κ1) is 14.3. The highest BCUT2D eigenvalue weighted by Crippen LogP contribution is 2.33. The second-order valence-electron chi connectivity index (χ2n) is 4.30. The third kappa shape index (κ3) is 3.26. The minimum Gasteiger partial charge on any atom is -0.315 e. The minimum absolute atomic E-state index is 0.369. The van der Waals surface area contributed by atoms with Crippen LogP contribution in [-0.2, 0) is 16.2 Å². The molecule has 0 amide bonds. The van der Waals surface area contributed by atoms with Crippen LogP contribution in [0.1, 0.15) is 12.0 Å². The Hall–Kier alpha value is -1.12. The van der Waals surface area contributed by atoms with Crippen LogP contribution < -0.4 is 10.0 Å². The van der Waals surface area contributed by atoms with Crippen LogP contribution in [0.25, 0.3) is 0 Å². The molecule has 8 heteroatoms. The lowest BCUT2D eigenvalue weighted by Gasteiger charge is -2.16. The zero-order valence-electron chi connectivity index (χ0n) is 9.87. The van der Waals surface area contributed by atoms with E-state index >= 15 is 0 Å². The van der Waals surface area contributed by atoms with Gasteiger partial charge in [0, 0.05) is 12.6 Å². The summed E-state index contributed by atoms with van der Waals surface area (Å²) in [5.41, 5.74) is -1.14. The Labute approximate surface area is 109 Å². The number of halogens is 3. The second-order valence-corrected chi connectivity index (χ2v) is 5.99. The molecular formula is C11H13F3N2O2S. The Kier molecular flexibility index (Phi) is 3.84. The number of alkyl halides is 3. The third-order valence-corrected chi connectivity index (χ3v) is 4.44. The van der Waals surface area contributed by atoms with Gasteiger partial charge in [-0.3, -0.25) is 0 Å². The van der Waals surface area contributed by atoms with Crippen molar-refractivity contribution in [3.05, 3.63) is 29.8 Å². The maximum absolute atomic E-state index is 12.8. The van der Waals surface area contributed by atoms with Gasteiger partial charge in [0.15, 0.2) is 0 Å². The van der Waals surface area contributed by atoms with Crippen molar-refractivity contribution in [2.75, 3.05) is 13.1 Å². The van der Waals surface area contributed by atoms with Gasteiger partial charge in [-0.2, -0.15) is 13.2 Å². The summed E-state index contributed by atoms with van der Waals surface area (Å²) in [7, 11) is -4.17. The van der Waals surface area contributed by atoms with Crippen LogP contribution in [-0.4, -0.2) is 27.5 Å². The van der Waals surface area contributed by atoms with Crippen molar-refractivity contribution >= 4 is 10.0 Å². The standard InChI is InChI=1S/C11H13F3N2O2S/c12-11(13,14)9-3-1-2-4-10(9)19(17,18)16-8-5-6-15-7-8/h1-4,8,15-16H,5-7H2. The van der Waals surface area contributed by atoms with E-state index in [9.17, 15) is 21.6 Å². The number of rotatable bonds is 3. The lowest BCUT2D eigenvalue weighted by molar-refractivity contribution is -0.139. The summed E-state index contributed by atoms with van der Waals surface area (Å²) < 4.78 is 64.7. The summed E-state index contributed by atoms with van der Waals surface area (Å²) in [6.45, 7) is 1.07. The Morgan fingerprint density at radius 1 is 1.26 bits per heavy atom. The minimum atomic E-state index is -4.70. The maximum Gasteiger partial charge on any atom is 0.417 e.